The fourth-order valence-corrected chi connectivity index (χ4v) is 4.75. The topological polar surface area (TPSA) is 117 Å². The minimum Gasteiger partial charge on any atom is -0.491 e. The summed E-state index contributed by atoms with van der Waals surface area (Å²) in [6.07, 6.45) is 3.88. The standard InChI is InChI=1S/C22H38N6O2/c1-15(2)30-16-6-7-18(23)17(12-16)20(24)19(27(5)25)8-10-28-11-9-21(26(3)4)13-22(21,29)14-28/h6-8,12,15,20,29H,9-11,13-14,23-25H2,1-5H3/b19-8-. The van der Waals surface area contributed by atoms with Gasteiger partial charge in [-0.05, 0) is 58.6 Å². The first-order chi connectivity index (χ1) is 14.0. The summed E-state index contributed by atoms with van der Waals surface area (Å²) in [4.78, 5) is 4.43. The van der Waals surface area contributed by atoms with Crippen molar-refractivity contribution in [1.29, 1.82) is 0 Å². The number of benzene rings is 1. The Labute approximate surface area is 180 Å². The van der Waals surface area contributed by atoms with Crippen LogP contribution < -0.4 is 22.0 Å². The monoisotopic (exact) mass is 418 g/mol. The van der Waals surface area contributed by atoms with Gasteiger partial charge < -0.3 is 31.2 Å². The zero-order valence-electron chi connectivity index (χ0n) is 18.9. The van der Waals surface area contributed by atoms with E-state index in [4.69, 9.17) is 22.0 Å². The highest BCUT2D eigenvalue weighted by Gasteiger charge is 2.69. The van der Waals surface area contributed by atoms with Crippen LogP contribution in [0.1, 0.15) is 38.3 Å². The smallest absolute Gasteiger partial charge is 0.120 e. The van der Waals surface area contributed by atoms with Crippen molar-refractivity contribution >= 4 is 5.69 Å². The predicted molar refractivity (Wildman–Crippen MR) is 121 cm³/mol. The highest BCUT2D eigenvalue weighted by atomic mass is 16.5. The van der Waals surface area contributed by atoms with Crippen molar-refractivity contribution in [2.45, 2.75) is 50.0 Å². The van der Waals surface area contributed by atoms with Crippen molar-refractivity contribution in [1.82, 2.24) is 14.8 Å². The van der Waals surface area contributed by atoms with Crippen LogP contribution in [0.15, 0.2) is 30.0 Å². The summed E-state index contributed by atoms with van der Waals surface area (Å²) >= 11 is 0. The highest BCUT2D eigenvalue weighted by Crippen LogP contribution is 2.56. The van der Waals surface area contributed by atoms with E-state index in [0.717, 1.165) is 36.4 Å². The molecule has 30 heavy (non-hydrogen) atoms. The normalized spacial score (nSPS) is 27.9. The Balaban J connectivity index is 1.74. The van der Waals surface area contributed by atoms with Crippen molar-refractivity contribution in [3.05, 3.63) is 35.5 Å². The number of hydrogen-bond donors (Lipinski definition) is 4. The van der Waals surface area contributed by atoms with E-state index < -0.39 is 11.6 Å². The molecule has 0 amide bonds. The number of ether oxygens (including phenoxy) is 1. The van der Waals surface area contributed by atoms with Crippen LogP contribution in [0, 0.1) is 0 Å². The Morgan fingerprint density at radius 2 is 2.03 bits per heavy atom. The van der Waals surface area contributed by atoms with Crippen LogP contribution in [0.4, 0.5) is 5.69 Å². The fraction of sp³-hybridized carbons (Fsp3) is 0.636. The molecule has 3 rings (SSSR count). The number of likely N-dealkylation sites (N-methyl/N-ethyl adjacent to an activating group) is 2. The van der Waals surface area contributed by atoms with E-state index >= 15 is 0 Å². The van der Waals surface area contributed by atoms with Crippen LogP contribution in [0.5, 0.6) is 5.75 Å². The van der Waals surface area contributed by atoms with Gasteiger partial charge in [0.1, 0.15) is 5.75 Å². The zero-order valence-corrected chi connectivity index (χ0v) is 18.9. The third-order valence-electron chi connectivity index (χ3n) is 6.56. The first-order valence-electron chi connectivity index (χ1n) is 10.6. The van der Waals surface area contributed by atoms with Crippen LogP contribution in [-0.2, 0) is 0 Å². The molecule has 0 radical (unpaired) electrons. The lowest BCUT2D eigenvalue weighted by Gasteiger charge is -2.38. The second kappa shape index (κ2) is 8.36. The average molecular weight is 419 g/mol. The molecule has 7 N–H and O–H groups in total. The molecule has 8 heteroatoms. The minimum atomic E-state index is -0.633. The molecule has 168 valence electrons. The molecule has 1 aliphatic carbocycles. The number of hydrazine groups is 1. The van der Waals surface area contributed by atoms with E-state index in [1.165, 1.54) is 0 Å². The number of fused-ring (bicyclic) bond motifs is 1. The first kappa shape index (κ1) is 22.8. The molecule has 2 fully saturated rings. The molecule has 0 aromatic heterocycles. The van der Waals surface area contributed by atoms with Gasteiger partial charge in [0.05, 0.1) is 23.3 Å². The third kappa shape index (κ3) is 4.29. The summed E-state index contributed by atoms with van der Waals surface area (Å²) in [5, 5.41) is 12.5. The van der Waals surface area contributed by atoms with Gasteiger partial charge in [0.15, 0.2) is 0 Å². The van der Waals surface area contributed by atoms with Gasteiger partial charge >= 0.3 is 0 Å². The van der Waals surface area contributed by atoms with Gasteiger partial charge in [-0.1, -0.05) is 0 Å². The van der Waals surface area contributed by atoms with Gasteiger partial charge in [-0.25, -0.2) is 5.84 Å². The Bertz CT molecular complexity index is 796. The molecule has 0 bridgehead atoms. The molecule has 3 atom stereocenters. The SMILES string of the molecule is CC(C)Oc1ccc(N)c(C(N)/C(=C/CN2CCC3(N(C)C)CC3(O)C2)N(C)N)c1. The number of anilines is 1. The van der Waals surface area contributed by atoms with Crippen molar-refractivity contribution < 1.29 is 9.84 Å². The summed E-state index contributed by atoms with van der Waals surface area (Å²) in [7, 11) is 5.88. The number of β-amino-alcohol motifs (C(OH)–C–C–N with tert-alkyl or cyclic N) is 1. The van der Waals surface area contributed by atoms with Crippen LogP contribution >= 0.6 is 0 Å². The molecule has 1 aromatic rings. The van der Waals surface area contributed by atoms with Crippen LogP contribution in [-0.4, -0.2) is 77.9 Å². The number of nitrogens with zero attached hydrogens (tertiary/aromatic N) is 3. The Hall–Kier alpha value is -1.84. The molecular formula is C22H38N6O2. The molecule has 1 heterocycles. The van der Waals surface area contributed by atoms with Gasteiger partial charge in [0.2, 0.25) is 0 Å². The number of rotatable bonds is 8. The summed E-state index contributed by atoms with van der Waals surface area (Å²) in [6, 6.07) is 5.07. The lowest BCUT2D eigenvalue weighted by Crippen LogP contribution is -2.52. The number of nitrogens with two attached hydrogens (primary N) is 3. The maximum Gasteiger partial charge on any atom is 0.120 e. The highest BCUT2D eigenvalue weighted by molar-refractivity contribution is 5.54. The average Bonchev–Trinajstić information content (AvgIpc) is 3.29. The van der Waals surface area contributed by atoms with E-state index in [0.29, 0.717) is 18.8 Å². The first-order valence-corrected chi connectivity index (χ1v) is 10.6. The second-order valence-electron chi connectivity index (χ2n) is 9.29. The molecule has 8 nitrogen and oxygen atoms in total. The summed E-state index contributed by atoms with van der Waals surface area (Å²) in [6.45, 7) is 6.20. The van der Waals surface area contributed by atoms with E-state index in [9.17, 15) is 5.11 Å². The number of piperidine rings is 1. The van der Waals surface area contributed by atoms with Gasteiger partial charge in [0.25, 0.3) is 0 Å². The van der Waals surface area contributed by atoms with Crippen molar-refractivity contribution in [2.24, 2.45) is 11.6 Å². The summed E-state index contributed by atoms with van der Waals surface area (Å²) < 4.78 is 5.80. The Morgan fingerprint density at radius 3 is 2.60 bits per heavy atom. The minimum absolute atomic E-state index is 0.0616. The van der Waals surface area contributed by atoms with Crippen molar-refractivity contribution in [3.8, 4) is 5.75 Å². The second-order valence-corrected chi connectivity index (χ2v) is 9.29. The largest absolute Gasteiger partial charge is 0.491 e. The number of likely N-dealkylation sites (tertiary alicyclic amines) is 1. The van der Waals surface area contributed by atoms with Gasteiger partial charge in [-0.15, -0.1) is 0 Å². The molecule has 1 aromatic carbocycles. The maximum atomic E-state index is 10.9. The van der Waals surface area contributed by atoms with Gasteiger partial charge in [-0.3, -0.25) is 4.90 Å². The lowest BCUT2D eigenvalue weighted by molar-refractivity contribution is 0.00534. The number of nitrogen functional groups attached to an aromatic ring is 1. The van der Waals surface area contributed by atoms with Crippen molar-refractivity contribution in [3.63, 3.8) is 0 Å². The molecule has 2 aliphatic rings. The Morgan fingerprint density at radius 1 is 1.33 bits per heavy atom. The van der Waals surface area contributed by atoms with E-state index in [1.54, 1.807) is 12.1 Å². The van der Waals surface area contributed by atoms with Gasteiger partial charge in [0, 0.05) is 50.1 Å². The summed E-state index contributed by atoms with van der Waals surface area (Å²) in [5.74, 6) is 6.85. The van der Waals surface area contributed by atoms with Crippen molar-refractivity contribution in [2.75, 3.05) is 46.5 Å². The molecule has 1 saturated carbocycles. The molecule has 1 aliphatic heterocycles. The Kier molecular flexibility index (Phi) is 6.36. The molecule has 0 spiro atoms. The number of hydrogen-bond acceptors (Lipinski definition) is 8. The summed E-state index contributed by atoms with van der Waals surface area (Å²) in [5.41, 5.74) is 14.2. The van der Waals surface area contributed by atoms with Gasteiger partial charge in [-0.2, -0.15) is 0 Å². The van der Waals surface area contributed by atoms with Crippen LogP contribution in [0.2, 0.25) is 0 Å². The maximum absolute atomic E-state index is 10.9. The fourth-order valence-electron chi connectivity index (χ4n) is 4.75. The zero-order chi connectivity index (χ0) is 22.3. The predicted octanol–water partition coefficient (Wildman–Crippen LogP) is 0.886. The molecule has 1 saturated heterocycles. The molecular weight excluding hydrogens is 380 g/mol. The third-order valence-corrected chi connectivity index (χ3v) is 6.56. The quantitative estimate of drug-likeness (QED) is 0.279. The van der Waals surface area contributed by atoms with Crippen LogP contribution in [0.3, 0.4) is 0 Å². The number of aliphatic hydroxyl groups is 1. The molecule has 3 unspecified atom stereocenters. The van der Waals surface area contributed by atoms with Crippen LogP contribution in [0.25, 0.3) is 0 Å². The lowest BCUT2D eigenvalue weighted by atomic mass is 9.99. The van der Waals surface area contributed by atoms with E-state index in [2.05, 4.69) is 23.9 Å². The van der Waals surface area contributed by atoms with E-state index in [1.807, 2.05) is 38.1 Å². The van der Waals surface area contributed by atoms with E-state index in [-0.39, 0.29) is 11.6 Å².